The topological polar surface area (TPSA) is 12.0 Å². The fourth-order valence-electron chi connectivity index (χ4n) is 0.479. The fourth-order valence-corrected chi connectivity index (χ4v) is 1.08. The minimum atomic E-state index is 0.283. The first kappa shape index (κ1) is 7.18. The zero-order valence-electron chi connectivity index (χ0n) is 5.33. The molecular formula is C5H15NSi. The maximum absolute atomic E-state index is 3.35. The van der Waals surface area contributed by atoms with Gasteiger partial charge < -0.3 is 5.32 Å². The molecule has 0 amide bonds. The summed E-state index contributed by atoms with van der Waals surface area (Å²) in [6.07, 6.45) is 2.59. The average molecular weight is 117 g/mol. The van der Waals surface area contributed by atoms with Gasteiger partial charge in [0.2, 0.25) is 0 Å². The van der Waals surface area contributed by atoms with Crippen LogP contribution in [-0.4, -0.2) is 22.2 Å². The second-order valence-corrected chi connectivity index (χ2v) is 3.25. The van der Waals surface area contributed by atoms with Gasteiger partial charge in [0.05, 0.1) is 0 Å². The summed E-state index contributed by atoms with van der Waals surface area (Å²) >= 11 is 0. The van der Waals surface area contributed by atoms with Crippen LogP contribution in [-0.2, 0) is 0 Å². The molecule has 0 spiro atoms. The Labute approximate surface area is 48.3 Å². The largest absolute Gasteiger partial charge is 0.320 e. The van der Waals surface area contributed by atoms with E-state index in [0.717, 1.165) is 0 Å². The molecule has 0 aliphatic carbocycles. The maximum atomic E-state index is 3.35. The Kier molecular flexibility index (Phi) is 6.33. The van der Waals surface area contributed by atoms with Crippen molar-refractivity contribution in [3.63, 3.8) is 0 Å². The van der Waals surface area contributed by atoms with Gasteiger partial charge in [-0.1, -0.05) is 13.5 Å². The standard InChI is InChI=1S/C5H15NSi/c1-3-4-6-5-7-2/h6H,3-5,7H2,1-2H3. The summed E-state index contributed by atoms with van der Waals surface area (Å²) in [7, 11) is 0.283. The molecule has 0 bridgehead atoms. The second-order valence-electron chi connectivity index (χ2n) is 1.75. The zero-order valence-corrected chi connectivity index (χ0v) is 6.74. The van der Waals surface area contributed by atoms with E-state index >= 15 is 0 Å². The lowest BCUT2D eigenvalue weighted by molar-refractivity contribution is 0.750. The van der Waals surface area contributed by atoms with Gasteiger partial charge in [-0.15, -0.1) is 0 Å². The zero-order chi connectivity index (χ0) is 5.54. The monoisotopic (exact) mass is 117 g/mol. The fraction of sp³-hybridized carbons (Fsp3) is 1.00. The summed E-state index contributed by atoms with van der Waals surface area (Å²) in [4.78, 5) is 0. The second kappa shape index (κ2) is 6.18. The van der Waals surface area contributed by atoms with E-state index in [1.54, 1.807) is 0 Å². The van der Waals surface area contributed by atoms with Gasteiger partial charge in [-0.2, -0.15) is 0 Å². The van der Waals surface area contributed by atoms with Crippen molar-refractivity contribution in [2.75, 3.05) is 12.7 Å². The van der Waals surface area contributed by atoms with E-state index in [1.165, 1.54) is 19.1 Å². The van der Waals surface area contributed by atoms with Crippen LogP contribution in [0.4, 0.5) is 0 Å². The van der Waals surface area contributed by atoms with Crippen molar-refractivity contribution < 1.29 is 0 Å². The molecule has 0 rings (SSSR count). The lowest BCUT2D eigenvalue weighted by Crippen LogP contribution is -2.19. The summed E-state index contributed by atoms with van der Waals surface area (Å²) < 4.78 is 0. The lowest BCUT2D eigenvalue weighted by Gasteiger charge is -1.95. The molecule has 0 aromatic carbocycles. The minimum absolute atomic E-state index is 0.283. The molecule has 0 unspecified atom stereocenters. The van der Waals surface area contributed by atoms with Gasteiger partial charge in [-0.25, -0.2) is 0 Å². The van der Waals surface area contributed by atoms with Crippen LogP contribution >= 0.6 is 0 Å². The van der Waals surface area contributed by atoms with E-state index in [1.807, 2.05) is 0 Å². The van der Waals surface area contributed by atoms with Crippen LogP contribution in [0.5, 0.6) is 0 Å². The highest BCUT2D eigenvalue weighted by molar-refractivity contribution is 6.33. The minimum Gasteiger partial charge on any atom is -0.320 e. The molecule has 0 radical (unpaired) electrons. The Balaban J connectivity index is 2.45. The molecular weight excluding hydrogens is 102 g/mol. The van der Waals surface area contributed by atoms with Gasteiger partial charge in [-0.3, -0.25) is 0 Å². The van der Waals surface area contributed by atoms with Crippen molar-refractivity contribution in [3.05, 3.63) is 0 Å². The average Bonchev–Trinajstić information content (AvgIpc) is 1.69. The van der Waals surface area contributed by atoms with E-state index in [2.05, 4.69) is 18.8 Å². The molecule has 1 nitrogen and oxygen atoms in total. The first-order chi connectivity index (χ1) is 3.41. The van der Waals surface area contributed by atoms with Crippen molar-refractivity contribution in [3.8, 4) is 0 Å². The Morgan fingerprint density at radius 1 is 1.57 bits per heavy atom. The van der Waals surface area contributed by atoms with Crippen LogP contribution in [0.2, 0.25) is 6.55 Å². The predicted molar refractivity (Wildman–Crippen MR) is 37.6 cm³/mol. The van der Waals surface area contributed by atoms with E-state index in [0.29, 0.717) is 0 Å². The predicted octanol–water partition coefficient (Wildman–Crippen LogP) is 0.160. The van der Waals surface area contributed by atoms with E-state index in [-0.39, 0.29) is 9.52 Å². The highest BCUT2D eigenvalue weighted by Gasteiger charge is 1.77. The van der Waals surface area contributed by atoms with Crippen molar-refractivity contribution in [2.45, 2.75) is 19.9 Å². The van der Waals surface area contributed by atoms with E-state index in [9.17, 15) is 0 Å². The van der Waals surface area contributed by atoms with Crippen LogP contribution < -0.4 is 5.32 Å². The molecule has 1 N–H and O–H groups in total. The molecule has 0 aliphatic rings. The number of rotatable bonds is 4. The Hall–Kier alpha value is 0.177. The number of hydrogen-bond donors (Lipinski definition) is 1. The summed E-state index contributed by atoms with van der Waals surface area (Å²) in [5.41, 5.74) is 0. The molecule has 0 saturated heterocycles. The van der Waals surface area contributed by atoms with E-state index < -0.39 is 0 Å². The van der Waals surface area contributed by atoms with Crippen molar-refractivity contribution in [1.82, 2.24) is 5.32 Å². The molecule has 0 fully saturated rings. The molecule has 0 aliphatic heterocycles. The highest BCUT2D eigenvalue weighted by atomic mass is 28.2. The van der Waals surface area contributed by atoms with Crippen LogP contribution in [0.25, 0.3) is 0 Å². The van der Waals surface area contributed by atoms with Crippen molar-refractivity contribution in [2.24, 2.45) is 0 Å². The van der Waals surface area contributed by atoms with E-state index in [4.69, 9.17) is 0 Å². The normalized spacial score (nSPS) is 11.1. The Morgan fingerprint density at radius 2 is 2.29 bits per heavy atom. The van der Waals surface area contributed by atoms with Crippen molar-refractivity contribution >= 4 is 9.52 Å². The molecule has 0 heterocycles. The van der Waals surface area contributed by atoms with Crippen molar-refractivity contribution in [1.29, 1.82) is 0 Å². The molecule has 0 saturated carbocycles. The molecule has 44 valence electrons. The Bertz CT molecular complexity index is 27.3. The van der Waals surface area contributed by atoms with Crippen LogP contribution in [0, 0.1) is 0 Å². The molecule has 7 heavy (non-hydrogen) atoms. The smallest absolute Gasteiger partial charge is 0.0334 e. The van der Waals surface area contributed by atoms with Crippen LogP contribution in [0.15, 0.2) is 0 Å². The SMILES string of the molecule is CCCNC[SiH2]C. The molecule has 0 aromatic heterocycles. The summed E-state index contributed by atoms with van der Waals surface area (Å²) in [6, 6.07) is 0. The maximum Gasteiger partial charge on any atom is 0.0334 e. The highest BCUT2D eigenvalue weighted by Crippen LogP contribution is 1.66. The van der Waals surface area contributed by atoms with Crippen LogP contribution in [0.1, 0.15) is 13.3 Å². The van der Waals surface area contributed by atoms with Gasteiger partial charge >= 0.3 is 0 Å². The Morgan fingerprint density at radius 3 is 2.71 bits per heavy atom. The van der Waals surface area contributed by atoms with Gasteiger partial charge in [0.15, 0.2) is 0 Å². The first-order valence-electron chi connectivity index (χ1n) is 3.12. The first-order valence-corrected chi connectivity index (χ1v) is 5.54. The number of nitrogens with one attached hydrogen (secondary N) is 1. The summed E-state index contributed by atoms with van der Waals surface area (Å²) in [6.45, 7) is 5.73. The lowest BCUT2D eigenvalue weighted by atomic mass is 10.5. The van der Waals surface area contributed by atoms with Crippen LogP contribution in [0.3, 0.4) is 0 Å². The third-order valence-electron chi connectivity index (χ3n) is 0.854. The van der Waals surface area contributed by atoms with Gasteiger partial charge in [0.1, 0.15) is 0 Å². The summed E-state index contributed by atoms with van der Waals surface area (Å²) in [5.74, 6) is 0. The summed E-state index contributed by atoms with van der Waals surface area (Å²) in [5, 5.41) is 3.35. The molecule has 0 aromatic rings. The van der Waals surface area contributed by atoms with Gasteiger partial charge in [-0.05, 0) is 19.1 Å². The molecule has 2 heteroatoms. The third-order valence-corrected chi connectivity index (χ3v) is 1.71. The number of hydrogen-bond acceptors (Lipinski definition) is 1. The molecule has 0 atom stereocenters. The van der Waals surface area contributed by atoms with Gasteiger partial charge in [0, 0.05) is 9.52 Å². The quantitative estimate of drug-likeness (QED) is 0.408. The van der Waals surface area contributed by atoms with Gasteiger partial charge in [0.25, 0.3) is 0 Å². The third kappa shape index (κ3) is 6.18.